The molecular formula is C31H37FN8O. The summed E-state index contributed by atoms with van der Waals surface area (Å²) in [6, 6.07) is 6.75. The van der Waals surface area contributed by atoms with E-state index in [0.717, 1.165) is 61.5 Å². The van der Waals surface area contributed by atoms with Gasteiger partial charge < -0.3 is 15.5 Å². The highest BCUT2D eigenvalue weighted by Gasteiger charge is 2.22. The van der Waals surface area contributed by atoms with E-state index in [9.17, 15) is 9.18 Å². The summed E-state index contributed by atoms with van der Waals surface area (Å²) in [6.45, 7) is 9.07. The van der Waals surface area contributed by atoms with Crippen molar-refractivity contribution in [2.75, 3.05) is 36.4 Å². The highest BCUT2D eigenvalue weighted by Crippen LogP contribution is 2.32. The summed E-state index contributed by atoms with van der Waals surface area (Å²) in [5, 5.41) is 7.13. The van der Waals surface area contributed by atoms with Crippen molar-refractivity contribution in [3.05, 3.63) is 64.3 Å². The van der Waals surface area contributed by atoms with Crippen molar-refractivity contribution in [2.45, 2.75) is 64.8 Å². The van der Waals surface area contributed by atoms with Gasteiger partial charge >= 0.3 is 0 Å². The van der Waals surface area contributed by atoms with E-state index in [1.54, 1.807) is 23.0 Å². The molecule has 0 spiro atoms. The summed E-state index contributed by atoms with van der Waals surface area (Å²) in [5.74, 6) is 1.28. The number of rotatable bonds is 6. The SMILES string of the molecule is Cc1nc(C2CCCCC2)ncc1-c1cc2cnc(Nc3ccc(N4CCNCC4)c(F)c3)nc2n(C(C)C)c1=O. The molecule has 4 heterocycles. The van der Waals surface area contributed by atoms with Crippen LogP contribution in [0.2, 0.25) is 0 Å². The molecule has 2 aliphatic rings. The molecule has 0 radical (unpaired) electrons. The van der Waals surface area contributed by atoms with E-state index in [0.29, 0.717) is 34.5 Å². The third-order valence-electron chi connectivity index (χ3n) is 8.21. The van der Waals surface area contributed by atoms with Crippen LogP contribution < -0.4 is 21.1 Å². The monoisotopic (exact) mass is 556 g/mol. The summed E-state index contributed by atoms with van der Waals surface area (Å²) in [6.07, 6.45) is 9.45. The van der Waals surface area contributed by atoms with Crippen molar-refractivity contribution >= 4 is 28.4 Å². The fourth-order valence-electron chi connectivity index (χ4n) is 6.04. The molecule has 0 unspecified atom stereocenters. The Morgan fingerprint density at radius 1 is 1.00 bits per heavy atom. The first-order chi connectivity index (χ1) is 19.9. The number of aromatic nitrogens is 5. The third-order valence-corrected chi connectivity index (χ3v) is 8.21. The van der Waals surface area contributed by atoms with E-state index in [4.69, 9.17) is 15.0 Å². The highest BCUT2D eigenvalue weighted by molar-refractivity contribution is 5.82. The Morgan fingerprint density at radius 3 is 2.49 bits per heavy atom. The zero-order valence-electron chi connectivity index (χ0n) is 24.0. The summed E-state index contributed by atoms with van der Waals surface area (Å²) >= 11 is 0. The molecule has 1 saturated carbocycles. The first kappa shape index (κ1) is 27.3. The third kappa shape index (κ3) is 5.53. The zero-order valence-corrected chi connectivity index (χ0v) is 24.0. The van der Waals surface area contributed by atoms with Gasteiger partial charge in [0.1, 0.15) is 17.3 Å². The predicted molar refractivity (Wildman–Crippen MR) is 161 cm³/mol. The zero-order chi connectivity index (χ0) is 28.5. The predicted octanol–water partition coefficient (Wildman–Crippen LogP) is 5.48. The number of nitrogens with one attached hydrogen (secondary N) is 2. The number of pyridine rings is 1. The van der Waals surface area contributed by atoms with Crippen LogP contribution in [-0.2, 0) is 0 Å². The first-order valence-electron chi connectivity index (χ1n) is 14.7. The van der Waals surface area contributed by atoms with Gasteiger partial charge in [0.25, 0.3) is 5.56 Å². The Labute approximate surface area is 239 Å². The lowest BCUT2D eigenvalue weighted by Gasteiger charge is -2.29. The van der Waals surface area contributed by atoms with E-state index in [2.05, 4.69) is 15.6 Å². The minimum Gasteiger partial charge on any atom is -0.367 e. The van der Waals surface area contributed by atoms with Crippen LogP contribution in [0.1, 0.15) is 69.4 Å². The largest absolute Gasteiger partial charge is 0.367 e. The topological polar surface area (TPSA) is 101 Å². The Kier molecular flexibility index (Phi) is 7.66. The fraction of sp³-hybridized carbons (Fsp3) is 0.452. The number of fused-ring (bicyclic) bond motifs is 1. The Hall–Kier alpha value is -3.92. The molecule has 2 fully saturated rings. The molecule has 3 aromatic heterocycles. The number of benzene rings is 1. The lowest BCUT2D eigenvalue weighted by molar-refractivity contribution is 0.428. The number of nitrogens with zero attached hydrogens (tertiary/aromatic N) is 6. The normalized spacial score (nSPS) is 16.5. The van der Waals surface area contributed by atoms with E-state index < -0.39 is 0 Å². The average Bonchev–Trinajstić information content (AvgIpc) is 2.98. The summed E-state index contributed by atoms with van der Waals surface area (Å²) in [4.78, 5) is 34.6. The summed E-state index contributed by atoms with van der Waals surface area (Å²) in [5.41, 5.74) is 3.56. The molecule has 41 heavy (non-hydrogen) atoms. The standard InChI is InChI=1S/C31H37FN8O/c1-19(2)40-29-22(15-24(30(40)41)25-18-34-28(36-20(25)3)21-7-5-4-6-8-21)17-35-31(38-29)37-23-9-10-27(26(32)16-23)39-13-11-33-12-14-39/h9-10,15-19,21,33H,4-8,11-14H2,1-3H3,(H,35,37,38). The second kappa shape index (κ2) is 11.5. The molecule has 0 atom stereocenters. The molecule has 0 bridgehead atoms. The number of halogens is 1. The van der Waals surface area contributed by atoms with Crippen LogP contribution in [0.5, 0.6) is 0 Å². The smallest absolute Gasteiger partial charge is 0.260 e. The Bertz CT molecular complexity index is 1620. The Morgan fingerprint density at radius 2 is 1.78 bits per heavy atom. The Balaban J connectivity index is 1.32. The second-order valence-electron chi connectivity index (χ2n) is 11.4. The molecule has 1 aliphatic carbocycles. The van der Waals surface area contributed by atoms with Gasteiger partial charge in [0.15, 0.2) is 0 Å². The fourth-order valence-corrected chi connectivity index (χ4v) is 6.04. The van der Waals surface area contributed by atoms with Crippen LogP contribution in [0.3, 0.4) is 0 Å². The van der Waals surface area contributed by atoms with Crippen molar-refractivity contribution in [3.63, 3.8) is 0 Å². The maximum Gasteiger partial charge on any atom is 0.260 e. The van der Waals surface area contributed by atoms with Crippen LogP contribution in [0.15, 0.2) is 41.5 Å². The van der Waals surface area contributed by atoms with E-state index >= 15 is 0 Å². The van der Waals surface area contributed by atoms with Crippen molar-refractivity contribution in [2.24, 2.45) is 0 Å². The van der Waals surface area contributed by atoms with Crippen LogP contribution in [0.25, 0.3) is 22.2 Å². The molecule has 1 saturated heterocycles. The lowest BCUT2D eigenvalue weighted by Crippen LogP contribution is -2.43. The number of hydrogen-bond acceptors (Lipinski definition) is 8. The minimum atomic E-state index is -0.298. The molecule has 10 heteroatoms. The van der Waals surface area contributed by atoms with Crippen LogP contribution in [-0.4, -0.2) is 50.7 Å². The average molecular weight is 557 g/mol. The highest BCUT2D eigenvalue weighted by atomic mass is 19.1. The minimum absolute atomic E-state index is 0.147. The second-order valence-corrected chi connectivity index (χ2v) is 11.4. The molecule has 6 rings (SSSR count). The summed E-state index contributed by atoms with van der Waals surface area (Å²) in [7, 11) is 0. The molecule has 2 N–H and O–H groups in total. The van der Waals surface area contributed by atoms with Gasteiger partial charge in [-0.3, -0.25) is 9.36 Å². The molecule has 1 aliphatic heterocycles. The van der Waals surface area contributed by atoms with E-state index in [1.807, 2.05) is 37.8 Å². The molecule has 9 nitrogen and oxygen atoms in total. The van der Waals surface area contributed by atoms with Gasteiger partial charge in [-0.25, -0.2) is 19.3 Å². The first-order valence-corrected chi connectivity index (χ1v) is 14.7. The number of piperazine rings is 1. The van der Waals surface area contributed by atoms with E-state index in [1.165, 1.54) is 25.3 Å². The maximum absolute atomic E-state index is 15.0. The maximum atomic E-state index is 15.0. The van der Waals surface area contributed by atoms with Crippen molar-refractivity contribution in [3.8, 4) is 11.1 Å². The van der Waals surface area contributed by atoms with E-state index in [-0.39, 0.29) is 17.4 Å². The van der Waals surface area contributed by atoms with Crippen LogP contribution >= 0.6 is 0 Å². The van der Waals surface area contributed by atoms with Crippen molar-refractivity contribution in [1.82, 2.24) is 29.8 Å². The van der Waals surface area contributed by atoms with Gasteiger partial charge in [0, 0.05) is 72.9 Å². The van der Waals surface area contributed by atoms with Gasteiger partial charge in [0.05, 0.1) is 11.3 Å². The van der Waals surface area contributed by atoms with Gasteiger partial charge in [-0.1, -0.05) is 19.3 Å². The quantitative estimate of drug-likeness (QED) is 0.322. The van der Waals surface area contributed by atoms with Gasteiger partial charge in [-0.05, 0) is 57.9 Å². The van der Waals surface area contributed by atoms with Gasteiger partial charge in [-0.15, -0.1) is 0 Å². The van der Waals surface area contributed by atoms with Crippen molar-refractivity contribution < 1.29 is 4.39 Å². The van der Waals surface area contributed by atoms with Gasteiger partial charge in [-0.2, -0.15) is 4.98 Å². The van der Waals surface area contributed by atoms with Crippen LogP contribution in [0.4, 0.5) is 21.7 Å². The lowest BCUT2D eigenvalue weighted by atomic mass is 9.88. The molecule has 214 valence electrons. The molecule has 0 amide bonds. The number of aryl methyl sites for hydroxylation is 1. The number of anilines is 3. The molecule has 4 aromatic rings. The molecule has 1 aromatic carbocycles. The molecular weight excluding hydrogens is 519 g/mol. The summed E-state index contributed by atoms with van der Waals surface area (Å²) < 4.78 is 16.7. The van der Waals surface area contributed by atoms with Crippen molar-refractivity contribution in [1.29, 1.82) is 0 Å². The van der Waals surface area contributed by atoms with Gasteiger partial charge in [0.2, 0.25) is 5.95 Å². The van der Waals surface area contributed by atoms with Crippen LogP contribution in [0, 0.1) is 12.7 Å². The number of hydrogen-bond donors (Lipinski definition) is 2.